The van der Waals surface area contributed by atoms with Crippen molar-refractivity contribution in [3.8, 4) is 0 Å². The van der Waals surface area contributed by atoms with Gasteiger partial charge in [-0.1, -0.05) is 43.3 Å². The Morgan fingerprint density at radius 1 is 1.19 bits per heavy atom. The van der Waals surface area contributed by atoms with E-state index in [2.05, 4.69) is 36.7 Å². The van der Waals surface area contributed by atoms with Crippen molar-refractivity contribution in [1.29, 1.82) is 0 Å². The lowest BCUT2D eigenvalue weighted by molar-refractivity contribution is 0.165. The third-order valence-electron chi connectivity index (χ3n) is 4.07. The highest BCUT2D eigenvalue weighted by molar-refractivity contribution is 6.63. The highest BCUT2D eigenvalue weighted by Gasteiger charge is 2.24. The van der Waals surface area contributed by atoms with Gasteiger partial charge in [0.25, 0.3) is 0 Å². The van der Waals surface area contributed by atoms with Crippen LogP contribution in [0.2, 0.25) is 0 Å². The summed E-state index contributed by atoms with van der Waals surface area (Å²) in [5, 5.41) is 12.6. The molecule has 2 aromatic rings. The molecule has 1 aliphatic carbocycles. The molecule has 4 heteroatoms. The van der Waals surface area contributed by atoms with Crippen LogP contribution in [0.3, 0.4) is 0 Å². The summed E-state index contributed by atoms with van der Waals surface area (Å²) in [6, 6.07) is 12.4. The average molecular weight is 283 g/mol. The molecule has 0 unspecified atom stereocenters. The Bertz CT molecular complexity index is 613. The van der Waals surface area contributed by atoms with Crippen molar-refractivity contribution in [3.63, 3.8) is 0 Å². The van der Waals surface area contributed by atoms with Gasteiger partial charge in [-0.2, -0.15) is 0 Å². The van der Waals surface area contributed by atoms with Gasteiger partial charge in [-0.05, 0) is 53.4 Å². The molecule has 21 heavy (non-hydrogen) atoms. The Labute approximate surface area is 126 Å². The van der Waals surface area contributed by atoms with Gasteiger partial charge >= 0.3 is 7.12 Å². The molecule has 3 nitrogen and oxygen atoms in total. The van der Waals surface area contributed by atoms with Gasteiger partial charge in [0.1, 0.15) is 0 Å². The summed E-state index contributed by atoms with van der Waals surface area (Å²) < 4.78 is 5.32. The van der Waals surface area contributed by atoms with E-state index in [9.17, 15) is 5.02 Å². The minimum Gasteiger partial charge on any atom is -0.422 e. The summed E-state index contributed by atoms with van der Waals surface area (Å²) in [5.41, 5.74) is 5.01. The maximum absolute atomic E-state index is 10.2. The molecule has 0 spiro atoms. The fraction of sp³-hybridized carbons (Fsp3) is 0.412. The minimum atomic E-state index is -0.934. The Hall–Kier alpha value is -1.36. The second-order valence-corrected chi connectivity index (χ2v) is 5.87. The lowest BCUT2D eigenvalue weighted by Crippen LogP contribution is -2.39. The lowest BCUT2D eigenvalue weighted by Gasteiger charge is -2.14. The molecule has 1 saturated carbocycles. The molecule has 0 bridgehead atoms. The Balaban J connectivity index is 1.88. The SMILES string of the molecule is CCCNOB(O)c1ccc(CC2CC2)c2ccccc12. The number of rotatable bonds is 7. The van der Waals surface area contributed by atoms with E-state index in [1.54, 1.807) is 0 Å². The monoisotopic (exact) mass is 283 g/mol. The molecule has 1 fully saturated rings. The van der Waals surface area contributed by atoms with Gasteiger partial charge < -0.3 is 9.78 Å². The zero-order valence-electron chi connectivity index (χ0n) is 12.5. The highest BCUT2D eigenvalue weighted by atomic mass is 16.7. The summed E-state index contributed by atoms with van der Waals surface area (Å²) in [6.07, 6.45) is 4.81. The van der Waals surface area contributed by atoms with Crippen LogP contribution in [-0.2, 0) is 11.2 Å². The van der Waals surface area contributed by atoms with Crippen molar-refractivity contribution in [2.24, 2.45) is 5.92 Å². The Morgan fingerprint density at radius 3 is 2.67 bits per heavy atom. The third-order valence-corrected chi connectivity index (χ3v) is 4.07. The van der Waals surface area contributed by atoms with Crippen LogP contribution >= 0.6 is 0 Å². The fourth-order valence-corrected chi connectivity index (χ4v) is 2.71. The number of hydroxylamine groups is 1. The molecule has 0 heterocycles. The van der Waals surface area contributed by atoms with Gasteiger partial charge in [-0.15, -0.1) is 0 Å². The van der Waals surface area contributed by atoms with E-state index >= 15 is 0 Å². The number of hydrogen-bond acceptors (Lipinski definition) is 3. The van der Waals surface area contributed by atoms with Crippen molar-refractivity contribution in [3.05, 3.63) is 42.0 Å². The van der Waals surface area contributed by atoms with Gasteiger partial charge in [0.15, 0.2) is 0 Å². The van der Waals surface area contributed by atoms with E-state index in [4.69, 9.17) is 4.76 Å². The Kier molecular flexibility index (Phi) is 4.59. The van der Waals surface area contributed by atoms with Crippen LogP contribution in [0.5, 0.6) is 0 Å². The first-order valence-corrected chi connectivity index (χ1v) is 7.86. The molecule has 3 rings (SSSR count). The van der Waals surface area contributed by atoms with Gasteiger partial charge in [-0.25, -0.2) is 5.48 Å². The quantitative estimate of drug-likeness (QED) is 0.466. The summed E-state index contributed by atoms with van der Waals surface area (Å²) in [5.74, 6) is 0.853. The van der Waals surface area contributed by atoms with Crippen LogP contribution < -0.4 is 10.9 Å². The van der Waals surface area contributed by atoms with Gasteiger partial charge in [0.2, 0.25) is 0 Å². The van der Waals surface area contributed by atoms with Gasteiger partial charge in [0.05, 0.1) is 0 Å². The molecule has 0 aliphatic heterocycles. The zero-order valence-corrected chi connectivity index (χ0v) is 12.5. The molecule has 110 valence electrons. The van der Waals surface area contributed by atoms with Gasteiger partial charge in [0, 0.05) is 6.54 Å². The minimum absolute atomic E-state index is 0.731. The normalized spacial score (nSPS) is 14.6. The van der Waals surface area contributed by atoms with E-state index in [0.717, 1.165) is 36.2 Å². The first-order valence-electron chi connectivity index (χ1n) is 7.86. The highest BCUT2D eigenvalue weighted by Crippen LogP contribution is 2.34. The number of nitrogens with one attached hydrogen (secondary N) is 1. The van der Waals surface area contributed by atoms with Crippen LogP contribution in [0.4, 0.5) is 0 Å². The predicted molar refractivity (Wildman–Crippen MR) is 87.4 cm³/mol. The number of hydrogen-bond donors (Lipinski definition) is 2. The summed E-state index contributed by atoms with van der Waals surface area (Å²) in [4.78, 5) is 0. The molecule has 2 aromatic carbocycles. The zero-order chi connectivity index (χ0) is 14.7. The van der Waals surface area contributed by atoms with E-state index < -0.39 is 7.12 Å². The van der Waals surface area contributed by atoms with Crippen molar-refractivity contribution in [2.45, 2.75) is 32.6 Å². The molecule has 2 N–H and O–H groups in total. The van der Waals surface area contributed by atoms with Crippen LogP contribution in [0.25, 0.3) is 10.8 Å². The first kappa shape index (κ1) is 14.6. The molecule has 0 saturated heterocycles. The van der Waals surface area contributed by atoms with E-state index in [-0.39, 0.29) is 0 Å². The largest absolute Gasteiger partial charge is 0.509 e. The average Bonchev–Trinajstić information content (AvgIpc) is 3.32. The topological polar surface area (TPSA) is 41.5 Å². The van der Waals surface area contributed by atoms with E-state index in [1.807, 2.05) is 12.1 Å². The van der Waals surface area contributed by atoms with Crippen molar-refractivity contribution >= 4 is 23.4 Å². The summed E-state index contributed by atoms with van der Waals surface area (Å²) >= 11 is 0. The van der Waals surface area contributed by atoms with Crippen molar-refractivity contribution in [2.75, 3.05) is 6.54 Å². The van der Waals surface area contributed by atoms with E-state index in [0.29, 0.717) is 0 Å². The number of fused-ring (bicyclic) bond motifs is 1. The smallest absolute Gasteiger partial charge is 0.422 e. The molecular formula is C17H22BNO2. The van der Waals surface area contributed by atoms with Crippen molar-refractivity contribution in [1.82, 2.24) is 5.48 Å². The maximum Gasteiger partial charge on any atom is 0.509 e. The molecule has 0 radical (unpaired) electrons. The van der Waals surface area contributed by atoms with E-state index in [1.165, 1.54) is 23.8 Å². The predicted octanol–water partition coefficient (Wildman–Crippen LogP) is 2.41. The Morgan fingerprint density at radius 2 is 1.95 bits per heavy atom. The van der Waals surface area contributed by atoms with Crippen LogP contribution in [0.15, 0.2) is 36.4 Å². The summed E-state index contributed by atoms with van der Waals surface area (Å²) in [6.45, 7) is 2.79. The van der Waals surface area contributed by atoms with Crippen LogP contribution in [0.1, 0.15) is 31.7 Å². The summed E-state index contributed by atoms with van der Waals surface area (Å²) in [7, 11) is -0.934. The van der Waals surface area contributed by atoms with Crippen LogP contribution in [0, 0.1) is 5.92 Å². The second-order valence-electron chi connectivity index (χ2n) is 5.87. The second kappa shape index (κ2) is 6.61. The first-order chi connectivity index (χ1) is 10.3. The molecule has 0 aromatic heterocycles. The van der Waals surface area contributed by atoms with Crippen molar-refractivity contribution < 1.29 is 9.78 Å². The molecule has 0 atom stereocenters. The number of benzene rings is 2. The fourth-order valence-electron chi connectivity index (χ4n) is 2.71. The van der Waals surface area contributed by atoms with Crippen LogP contribution in [-0.4, -0.2) is 18.7 Å². The molecular weight excluding hydrogens is 261 g/mol. The van der Waals surface area contributed by atoms with Gasteiger partial charge in [-0.3, -0.25) is 0 Å². The maximum atomic E-state index is 10.2. The third kappa shape index (κ3) is 3.46. The molecule has 0 amide bonds. The standard InChI is InChI=1S/C17H22BNO2/c1-2-11-19-21-18(20)17-10-9-14(12-13-7-8-13)15-5-3-4-6-16(15)17/h3-6,9-10,13,19-20H,2,7-8,11-12H2,1H3. The molecule has 1 aliphatic rings. The lowest BCUT2D eigenvalue weighted by atomic mass is 9.76.